The van der Waals surface area contributed by atoms with Crippen molar-refractivity contribution in [3.05, 3.63) is 0 Å². The van der Waals surface area contributed by atoms with E-state index in [9.17, 15) is 0 Å². The van der Waals surface area contributed by atoms with Crippen LogP contribution in [0.5, 0.6) is 0 Å². The van der Waals surface area contributed by atoms with Crippen molar-refractivity contribution in [3.63, 3.8) is 0 Å². The number of nitrogens with two attached hydrogens (primary N) is 1. The van der Waals surface area contributed by atoms with E-state index < -0.39 is 0 Å². The fraction of sp³-hybridized carbons (Fsp3) is 1.00. The highest BCUT2D eigenvalue weighted by Crippen LogP contribution is 2.12. The van der Waals surface area contributed by atoms with Gasteiger partial charge in [0.1, 0.15) is 0 Å². The highest BCUT2D eigenvalue weighted by molar-refractivity contribution is 4.48. The first-order valence-electron chi connectivity index (χ1n) is 9.68. The zero-order chi connectivity index (χ0) is 15.6. The summed E-state index contributed by atoms with van der Waals surface area (Å²) in [6.07, 6.45) is 18.4. The Hall–Kier alpha value is -0.0800. The maximum atomic E-state index is 5.59. The van der Waals surface area contributed by atoms with E-state index in [0.29, 0.717) is 6.04 Å². The molecule has 0 heterocycles. The second-order valence-electron chi connectivity index (χ2n) is 6.80. The third-order valence-electron chi connectivity index (χ3n) is 4.08. The van der Waals surface area contributed by atoms with E-state index in [1.807, 2.05) is 0 Å². The van der Waals surface area contributed by atoms with Crippen LogP contribution < -0.4 is 5.32 Å². The molecule has 0 saturated heterocycles. The Morgan fingerprint density at radius 3 is 1.52 bits per heavy atom. The summed E-state index contributed by atoms with van der Waals surface area (Å²) in [5.74, 6) is 0. The quantitative estimate of drug-likeness (QED) is 0.296. The van der Waals surface area contributed by atoms with Crippen LogP contribution in [0, 0.1) is 0 Å². The number of hydrogen-bond donors (Lipinski definition) is 1. The fourth-order valence-electron chi connectivity index (χ4n) is 2.57. The van der Waals surface area contributed by atoms with Crippen molar-refractivity contribution in [2.45, 2.75) is 110 Å². The van der Waals surface area contributed by atoms with Crippen LogP contribution in [0.1, 0.15) is 104 Å². The summed E-state index contributed by atoms with van der Waals surface area (Å²) in [6, 6.07) is 0.650. The lowest BCUT2D eigenvalue weighted by molar-refractivity contribution is -0.712. The zero-order valence-corrected chi connectivity index (χ0v) is 15.2. The number of ether oxygens (including phenoxy) is 1. The molecule has 0 rings (SSSR count). The van der Waals surface area contributed by atoms with Crippen molar-refractivity contribution in [1.82, 2.24) is 0 Å². The number of hydrogen-bond acceptors (Lipinski definition) is 1. The van der Waals surface area contributed by atoms with Crippen molar-refractivity contribution >= 4 is 0 Å². The summed E-state index contributed by atoms with van der Waals surface area (Å²) in [5.41, 5.74) is 0. The Labute approximate surface area is 134 Å². The fourth-order valence-corrected chi connectivity index (χ4v) is 2.57. The average molecular weight is 301 g/mol. The van der Waals surface area contributed by atoms with E-state index in [1.165, 1.54) is 83.5 Å². The van der Waals surface area contributed by atoms with Gasteiger partial charge in [-0.2, -0.15) is 0 Å². The second kappa shape index (κ2) is 18.0. The summed E-state index contributed by atoms with van der Waals surface area (Å²) in [5, 5.41) is 2.24. The van der Waals surface area contributed by atoms with Gasteiger partial charge in [0.2, 0.25) is 0 Å². The van der Waals surface area contributed by atoms with E-state index in [-0.39, 0.29) is 0 Å². The van der Waals surface area contributed by atoms with Gasteiger partial charge < -0.3 is 10.1 Å². The molecule has 0 aliphatic rings. The van der Waals surface area contributed by atoms with Crippen molar-refractivity contribution in [2.24, 2.45) is 0 Å². The highest BCUT2D eigenvalue weighted by atomic mass is 16.5. The van der Waals surface area contributed by atoms with Gasteiger partial charge in [0.15, 0.2) is 6.73 Å². The van der Waals surface area contributed by atoms with E-state index in [2.05, 4.69) is 26.1 Å². The monoisotopic (exact) mass is 300 g/mol. The Kier molecular flexibility index (Phi) is 17.9. The standard InChI is InChI=1S/C19H41NO/c1-4-5-6-7-8-9-10-11-12-13-14-15-16-17-21-18-20-19(2)3/h19-20H,4-18H2,1-3H3/p+1. The van der Waals surface area contributed by atoms with Crippen molar-refractivity contribution < 1.29 is 10.1 Å². The van der Waals surface area contributed by atoms with Crippen LogP contribution in [0.15, 0.2) is 0 Å². The van der Waals surface area contributed by atoms with Crippen molar-refractivity contribution in [2.75, 3.05) is 13.3 Å². The summed E-state index contributed by atoms with van der Waals surface area (Å²) in [4.78, 5) is 0. The third kappa shape index (κ3) is 19.9. The molecule has 0 saturated carbocycles. The van der Waals surface area contributed by atoms with Crippen LogP contribution in [-0.2, 0) is 4.74 Å². The molecule has 0 bridgehead atoms. The van der Waals surface area contributed by atoms with E-state index in [0.717, 1.165) is 13.3 Å². The Morgan fingerprint density at radius 1 is 0.667 bits per heavy atom. The number of quaternary nitrogens is 1. The molecule has 0 atom stereocenters. The minimum Gasteiger partial charge on any atom is -0.332 e. The van der Waals surface area contributed by atoms with Gasteiger partial charge >= 0.3 is 0 Å². The molecule has 0 amide bonds. The summed E-state index contributed by atoms with van der Waals surface area (Å²) in [7, 11) is 0. The van der Waals surface area contributed by atoms with Gasteiger partial charge in [-0.15, -0.1) is 0 Å². The lowest BCUT2D eigenvalue weighted by atomic mass is 10.0. The molecule has 0 unspecified atom stereocenters. The molecule has 0 aliphatic carbocycles. The van der Waals surface area contributed by atoms with Crippen LogP contribution in [0.4, 0.5) is 0 Å². The molecule has 0 aromatic heterocycles. The molecule has 2 N–H and O–H groups in total. The number of rotatable bonds is 17. The molecule has 0 aromatic rings. The minimum atomic E-state index is 0.650. The Balaban J connectivity index is 2.93. The average Bonchev–Trinajstić information content (AvgIpc) is 2.46. The largest absolute Gasteiger partial charge is 0.332 e. The summed E-state index contributed by atoms with van der Waals surface area (Å²) >= 11 is 0. The third-order valence-corrected chi connectivity index (χ3v) is 4.08. The van der Waals surface area contributed by atoms with E-state index in [4.69, 9.17) is 4.74 Å². The molecule has 0 radical (unpaired) electrons. The smallest absolute Gasteiger partial charge is 0.180 e. The lowest BCUT2D eigenvalue weighted by Crippen LogP contribution is -2.89. The predicted molar refractivity (Wildman–Crippen MR) is 93.6 cm³/mol. The van der Waals surface area contributed by atoms with Crippen LogP contribution in [0.3, 0.4) is 0 Å². The van der Waals surface area contributed by atoms with E-state index >= 15 is 0 Å². The van der Waals surface area contributed by atoms with Crippen LogP contribution in [0.2, 0.25) is 0 Å². The SMILES string of the molecule is CCCCCCCCCCCCCCCOC[NH2+]C(C)C. The van der Waals surface area contributed by atoms with Crippen LogP contribution >= 0.6 is 0 Å². The first-order valence-corrected chi connectivity index (χ1v) is 9.68. The van der Waals surface area contributed by atoms with Crippen LogP contribution in [-0.4, -0.2) is 19.4 Å². The topological polar surface area (TPSA) is 25.8 Å². The lowest BCUT2D eigenvalue weighted by Gasteiger charge is -2.06. The molecule has 2 nitrogen and oxygen atoms in total. The normalized spacial score (nSPS) is 11.4. The predicted octanol–water partition coefficient (Wildman–Crippen LogP) is 5.02. The van der Waals surface area contributed by atoms with Crippen molar-refractivity contribution in [1.29, 1.82) is 0 Å². The van der Waals surface area contributed by atoms with Gasteiger partial charge in [-0.05, 0) is 20.3 Å². The molecular formula is C19H42NO+. The summed E-state index contributed by atoms with van der Waals surface area (Å²) < 4.78 is 5.59. The van der Waals surface area contributed by atoms with Gasteiger partial charge in [-0.3, -0.25) is 0 Å². The Bertz CT molecular complexity index is 182. The summed E-state index contributed by atoms with van der Waals surface area (Å²) in [6.45, 7) is 8.47. The van der Waals surface area contributed by atoms with Gasteiger partial charge in [-0.25, -0.2) is 0 Å². The van der Waals surface area contributed by atoms with Crippen molar-refractivity contribution in [3.8, 4) is 0 Å². The van der Waals surface area contributed by atoms with E-state index in [1.54, 1.807) is 0 Å². The molecule has 128 valence electrons. The molecule has 0 spiro atoms. The zero-order valence-electron chi connectivity index (χ0n) is 15.2. The molecule has 21 heavy (non-hydrogen) atoms. The second-order valence-corrected chi connectivity index (χ2v) is 6.80. The molecular weight excluding hydrogens is 258 g/mol. The van der Waals surface area contributed by atoms with Gasteiger partial charge in [0.05, 0.1) is 12.6 Å². The Morgan fingerprint density at radius 2 is 1.10 bits per heavy atom. The first-order chi connectivity index (χ1) is 10.3. The minimum absolute atomic E-state index is 0.650. The maximum absolute atomic E-state index is 5.59. The molecule has 0 aliphatic heterocycles. The maximum Gasteiger partial charge on any atom is 0.180 e. The first kappa shape index (κ1) is 20.9. The molecule has 0 aromatic carbocycles. The van der Waals surface area contributed by atoms with Crippen LogP contribution in [0.25, 0.3) is 0 Å². The highest BCUT2D eigenvalue weighted by Gasteiger charge is 1.96. The van der Waals surface area contributed by atoms with Gasteiger partial charge in [0, 0.05) is 0 Å². The van der Waals surface area contributed by atoms with Gasteiger partial charge in [0.25, 0.3) is 0 Å². The molecule has 0 fully saturated rings. The van der Waals surface area contributed by atoms with Gasteiger partial charge in [-0.1, -0.05) is 84.0 Å². The number of unbranched alkanes of at least 4 members (excludes halogenated alkanes) is 12. The molecule has 2 heteroatoms.